The van der Waals surface area contributed by atoms with Gasteiger partial charge in [-0.2, -0.15) is 18.3 Å². The molecule has 0 spiro atoms. The van der Waals surface area contributed by atoms with E-state index in [1.54, 1.807) is 25.6 Å². The molecule has 0 bridgehead atoms. The lowest BCUT2D eigenvalue weighted by molar-refractivity contribution is -0.138. The summed E-state index contributed by atoms with van der Waals surface area (Å²) in [5.41, 5.74) is 5.71. The minimum atomic E-state index is -4.53. The van der Waals surface area contributed by atoms with Gasteiger partial charge in [-0.15, -0.1) is 0 Å². The average molecular weight is 285 g/mol. The lowest BCUT2D eigenvalue weighted by Crippen LogP contribution is -2.08. The van der Waals surface area contributed by atoms with Gasteiger partial charge in [0.05, 0.1) is 5.69 Å². The average Bonchev–Trinajstić information content (AvgIpc) is 2.56. The zero-order valence-electron chi connectivity index (χ0n) is 11.2. The molecule has 7 heteroatoms. The molecule has 0 fully saturated rings. The van der Waals surface area contributed by atoms with Crippen molar-refractivity contribution in [2.24, 2.45) is 7.05 Å². The van der Waals surface area contributed by atoms with Crippen molar-refractivity contribution in [1.29, 1.82) is 0 Å². The van der Waals surface area contributed by atoms with E-state index in [1.807, 2.05) is 0 Å². The number of aryl methyl sites for hydroxylation is 2. The quantitative estimate of drug-likeness (QED) is 0.860. The lowest BCUT2D eigenvalue weighted by atomic mass is 10.1. The number of hydrogen-bond acceptors (Lipinski definition) is 3. The fourth-order valence-corrected chi connectivity index (χ4v) is 1.87. The summed E-state index contributed by atoms with van der Waals surface area (Å²) < 4.78 is 45.9. The van der Waals surface area contributed by atoms with Gasteiger partial charge in [-0.3, -0.25) is 4.68 Å². The molecular formula is C13H14F3N3O. The monoisotopic (exact) mass is 285 g/mol. The zero-order chi connectivity index (χ0) is 15.1. The number of ether oxygens (including phenoxy) is 1. The van der Waals surface area contributed by atoms with E-state index in [-0.39, 0.29) is 11.4 Å². The first-order valence-corrected chi connectivity index (χ1v) is 5.85. The van der Waals surface area contributed by atoms with Crippen LogP contribution in [0, 0.1) is 13.8 Å². The highest BCUT2D eigenvalue weighted by Crippen LogP contribution is 2.40. The third kappa shape index (κ3) is 2.56. The van der Waals surface area contributed by atoms with E-state index in [0.717, 1.165) is 6.07 Å². The first kappa shape index (κ1) is 14.2. The van der Waals surface area contributed by atoms with Gasteiger partial charge >= 0.3 is 6.18 Å². The highest BCUT2D eigenvalue weighted by molar-refractivity contribution is 5.51. The van der Waals surface area contributed by atoms with Gasteiger partial charge < -0.3 is 10.5 Å². The van der Waals surface area contributed by atoms with Gasteiger partial charge in [0.25, 0.3) is 0 Å². The van der Waals surface area contributed by atoms with E-state index in [4.69, 9.17) is 10.5 Å². The SMILES string of the molecule is Cc1nn(C)c(C)c1Oc1ccc(N)cc1C(F)(F)F. The predicted molar refractivity (Wildman–Crippen MR) is 68.6 cm³/mol. The number of benzene rings is 1. The summed E-state index contributed by atoms with van der Waals surface area (Å²) in [6, 6.07) is 3.44. The van der Waals surface area contributed by atoms with E-state index in [9.17, 15) is 13.2 Å². The van der Waals surface area contributed by atoms with Crippen molar-refractivity contribution in [3.63, 3.8) is 0 Å². The van der Waals surface area contributed by atoms with Gasteiger partial charge in [-0.25, -0.2) is 0 Å². The summed E-state index contributed by atoms with van der Waals surface area (Å²) in [7, 11) is 1.70. The fourth-order valence-electron chi connectivity index (χ4n) is 1.87. The molecule has 0 aliphatic carbocycles. The van der Waals surface area contributed by atoms with Crippen molar-refractivity contribution in [3.05, 3.63) is 35.2 Å². The second-order valence-electron chi connectivity index (χ2n) is 4.48. The van der Waals surface area contributed by atoms with E-state index >= 15 is 0 Å². The highest BCUT2D eigenvalue weighted by atomic mass is 19.4. The zero-order valence-corrected chi connectivity index (χ0v) is 11.2. The third-order valence-electron chi connectivity index (χ3n) is 2.96. The van der Waals surface area contributed by atoms with Crippen molar-refractivity contribution in [3.8, 4) is 11.5 Å². The lowest BCUT2D eigenvalue weighted by Gasteiger charge is -2.14. The van der Waals surface area contributed by atoms with Gasteiger partial charge in [0, 0.05) is 12.7 Å². The Bertz CT molecular complexity index is 647. The Balaban J connectivity index is 2.49. The summed E-state index contributed by atoms with van der Waals surface area (Å²) in [4.78, 5) is 0. The van der Waals surface area contributed by atoms with Crippen LogP contribution in [0.15, 0.2) is 18.2 Å². The van der Waals surface area contributed by atoms with Crippen LogP contribution in [0.1, 0.15) is 17.0 Å². The maximum atomic E-state index is 13.0. The summed E-state index contributed by atoms with van der Waals surface area (Å²) >= 11 is 0. The Hall–Kier alpha value is -2.18. The largest absolute Gasteiger partial charge is 0.453 e. The molecule has 0 aliphatic heterocycles. The summed E-state index contributed by atoms with van der Waals surface area (Å²) in [5, 5.41) is 4.10. The molecule has 2 rings (SSSR count). The van der Waals surface area contributed by atoms with Crippen molar-refractivity contribution in [2.75, 3.05) is 5.73 Å². The molecule has 0 aliphatic rings. The molecule has 1 aromatic carbocycles. The van der Waals surface area contributed by atoms with E-state index in [0.29, 0.717) is 17.1 Å². The molecule has 0 atom stereocenters. The standard InChI is InChI=1S/C13H14F3N3O/c1-7-12(8(2)19(3)18-7)20-11-5-4-9(17)6-10(11)13(14,15)16/h4-6H,17H2,1-3H3. The molecule has 0 saturated carbocycles. The number of nitrogens with two attached hydrogens (primary N) is 1. The molecule has 4 nitrogen and oxygen atoms in total. The van der Waals surface area contributed by atoms with Gasteiger partial charge in [0.15, 0.2) is 5.75 Å². The van der Waals surface area contributed by atoms with Crippen LogP contribution in [0.4, 0.5) is 18.9 Å². The Morgan fingerprint density at radius 1 is 1.25 bits per heavy atom. The molecule has 108 valence electrons. The number of nitrogen functional groups attached to an aromatic ring is 1. The molecule has 20 heavy (non-hydrogen) atoms. The van der Waals surface area contributed by atoms with Gasteiger partial charge in [-0.1, -0.05) is 0 Å². The first-order valence-electron chi connectivity index (χ1n) is 5.85. The molecule has 0 radical (unpaired) electrons. The smallest absolute Gasteiger partial charge is 0.420 e. The first-order chi connectivity index (χ1) is 9.20. The maximum Gasteiger partial charge on any atom is 0.420 e. The van der Waals surface area contributed by atoms with Crippen LogP contribution in [0.3, 0.4) is 0 Å². The van der Waals surface area contributed by atoms with Crippen molar-refractivity contribution in [1.82, 2.24) is 9.78 Å². The number of halogens is 3. The van der Waals surface area contributed by atoms with Crippen LogP contribution in [-0.4, -0.2) is 9.78 Å². The van der Waals surface area contributed by atoms with Crippen molar-refractivity contribution < 1.29 is 17.9 Å². The predicted octanol–water partition coefficient (Wildman–Crippen LogP) is 3.43. The van der Waals surface area contributed by atoms with Gasteiger partial charge in [0.2, 0.25) is 0 Å². The van der Waals surface area contributed by atoms with Crippen LogP contribution in [-0.2, 0) is 13.2 Å². The number of nitrogens with zero attached hydrogens (tertiary/aromatic N) is 2. The minimum Gasteiger partial charge on any atom is -0.453 e. The van der Waals surface area contributed by atoms with Crippen LogP contribution in [0.5, 0.6) is 11.5 Å². The Kier molecular flexibility index (Phi) is 3.37. The number of aromatic nitrogens is 2. The molecule has 0 saturated heterocycles. The molecular weight excluding hydrogens is 271 g/mol. The number of anilines is 1. The van der Waals surface area contributed by atoms with Crippen LogP contribution < -0.4 is 10.5 Å². The topological polar surface area (TPSA) is 53.1 Å². The van der Waals surface area contributed by atoms with Crippen molar-refractivity contribution >= 4 is 5.69 Å². The van der Waals surface area contributed by atoms with E-state index < -0.39 is 11.7 Å². The van der Waals surface area contributed by atoms with Crippen LogP contribution in [0.2, 0.25) is 0 Å². The second-order valence-corrected chi connectivity index (χ2v) is 4.48. The fraction of sp³-hybridized carbons (Fsp3) is 0.308. The number of alkyl halides is 3. The number of hydrogen-bond donors (Lipinski definition) is 1. The minimum absolute atomic E-state index is 0.0318. The van der Waals surface area contributed by atoms with Crippen LogP contribution in [0.25, 0.3) is 0 Å². The van der Waals surface area contributed by atoms with E-state index in [1.165, 1.54) is 12.1 Å². The number of rotatable bonds is 2. The van der Waals surface area contributed by atoms with E-state index in [2.05, 4.69) is 5.10 Å². The molecule has 1 aromatic heterocycles. The maximum absolute atomic E-state index is 13.0. The summed E-state index contributed by atoms with van der Waals surface area (Å²) in [5.74, 6) is 0.0358. The Morgan fingerprint density at radius 2 is 1.90 bits per heavy atom. The third-order valence-corrected chi connectivity index (χ3v) is 2.96. The molecule has 1 heterocycles. The summed E-state index contributed by atoms with van der Waals surface area (Å²) in [6.45, 7) is 3.40. The Labute approximate surface area is 114 Å². The highest BCUT2D eigenvalue weighted by Gasteiger charge is 2.35. The van der Waals surface area contributed by atoms with Crippen molar-refractivity contribution in [2.45, 2.75) is 20.0 Å². The molecule has 0 amide bonds. The van der Waals surface area contributed by atoms with Crippen LogP contribution >= 0.6 is 0 Å². The second kappa shape index (κ2) is 4.73. The molecule has 2 N–H and O–H groups in total. The molecule has 2 aromatic rings. The van der Waals surface area contributed by atoms with Gasteiger partial charge in [-0.05, 0) is 32.0 Å². The normalized spacial score (nSPS) is 11.7. The summed E-state index contributed by atoms with van der Waals surface area (Å²) in [6.07, 6.45) is -4.53. The molecule has 0 unspecified atom stereocenters. The van der Waals surface area contributed by atoms with Gasteiger partial charge in [0.1, 0.15) is 17.0 Å². The Morgan fingerprint density at radius 3 is 2.40 bits per heavy atom.